The van der Waals surface area contributed by atoms with Crippen LogP contribution >= 0.6 is 0 Å². The van der Waals surface area contributed by atoms with Gasteiger partial charge in [0.25, 0.3) is 0 Å². The molecule has 1 aliphatic rings. The van der Waals surface area contributed by atoms with E-state index in [0.717, 1.165) is 42.7 Å². The maximum absolute atomic E-state index is 6.00. The summed E-state index contributed by atoms with van der Waals surface area (Å²) in [6.45, 7) is 2.49. The third-order valence-electron chi connectivity index (χ3n) is 3.63. The van der Waals surface area contributed by atoms with E-state index in [-0.39, 0.29) is 0 Å². The van der Waals surface area contributed by atoms with E-state index in [1.807, 2.05) is 24.3 Å². The molecule has 1 aliphatic heterocycles. The predicted octanol–water partition coefficient (Wildman–Crippen LogP) is 1.82. The lowest BCUT2D eigenvalue weighted by Crippen LogP contribution is -2.29. The second kappa shape index (κ2) is 5.73. The highest BCUT2D eigenvalue weighted by Gasteiger charge is 2.18. The van der Waals surface area contributed by atoms with Crippen LogP contribution in [0.1, 0.15) is 18.7 Å². The summed E-state index contributed by atoms with van der Waals surface area (Å²) in [4.78, 5) is 11.2. The van der Waals surface area contributed by atoms with Crippen LogP contribution in [0.3, 0.4) is 0 Å². The number of hydrogen-bond acceptors (Lipinski definition) is 5. The van der Waals surface area contributed by atoms with Crippen molar-refractivity contribution in [2.45, 2.75) is 25.5 Å². The van der Waals surface area contributed by atoms with Gasteiger partial charge in [0.05, 0.1) is 18.2 Å². The number of anilines is 1. The zero-order valence-corrected chi connectivity index (χ0v) is 11.7. The summed E-state index contributed by atoms with van der Waals surface area (Å²) in [6.07, 6.45) is 2.65. The van der Waals surface area contributed by atoms with Gasteiger partial charge in [-0.1, -0.05) is 12.1 Å². The zero-order chi connectivity index (χ0) is 13.9. The predicted molar refractivity (Wildman–Crippen MR) is 79.3 cm³/mol. The number of nitrogens with two attached hydrogens (primary N) is 1. The fourth-order valence-corrected chi connectivity index (χ4v) is 2.66. The van der Waals surface area contributed by atoms with Gasteiger partial charge in [-0.15, -0.1) is 0 Å². The minimum atomic E-state index is 0.345. The van der Waals surface area contributed by atoms with E-state index < -0.39 is 0 Å². The third kappa shape index (κ3) is 2.89. The number of ether oxygens (including phenoxy) is 1. The van der Waals surface area contributed by atoms with Gasteiger partial charge < -0.3 is 10.5 Å². The van der Waals surface area contributed by atoms with Crippen molar-refractivity contribution >= 4 is 16.7 Å². The second-order valence-electron chi connectivity index (χ2n) is 5.37. The summed E-state index contributed by atoms with van der Waals surface area (Å²) in [6, 6.07) is 7.83. The number of aromatic nitrogens is 2. The number of rotatable bonds is 4. The Labute approximate surface area is 118 Å². The molecular weight excluding hydrogens is 252 g/mol. The lowest BCUT2D eigenvalue weighted by atomic mass is 10.2. The molecule has 2 aromatic rings. The van der Waals surface area contributed by atoms with Crippen LogP contribution in [0.2, 0.25) is 0 Å². The fourth-order valence-electron chi connectivity index (χ4n) is 2.66. The van der Waals surface area contributed by atoms with Crippen molar-refractivity contribution in [3.63, 3.8) is 0 Å². The standard InChI is InChI=1S/C15H20N4O/c1-19(9-11-5-4-8-20-11)10-14-17-13-7-3-2-6-12(13)15(16)18-14/h2-3,6-7,11H,4-5,8-10H2,1H3,(H2,16,17,18). The molecule has 0 radical (unpaired) electrons. The summed E-state index contributed by atoms with van der Waals surface area (Å²) >= 11 is 0. The Balaban J connectivity index is 1.73. The molecule has 1 fully saturated rings. The Hall–Kier alpha value is -1.72. The van der Waals surface area contributed by atoms with Gasteiger partial charge in [-0.05, 0) is 32.0 Å². The molecule has 3 rings (SSSR count). The van der Waals surface area contributed by atoms with E-state index >= 15 is 0 Å². The number of likely N-dealkylation sites (N-methyl/N-ethyl adjacent to an activating group) is 1. The minimum Gasteiger partial charge on any atom is -0.383 e. The molecule has 0 amide bonds. The van der Waals surface area contributed by atoms with Crippen LogP contribution in [0.4, 0.5) is 5.82 Å². The van der Waals surface area contributed by atoms with Crippen molar-refractivity contribution in [2.75, 3.05) is 25.9 Å². The van der Waals surface area contributed by atoms with Crippen molar-refractivity contribution in [3.8, 4) is 0 Å². The Kier molecular flexibility index (Phi) is 3.80. The molecule has 1 aromatic carbocycles. The molecule has 1 aromatic heterocycles. The van der Waals surface area contributed by atoms with Crippen LogP contribution in [-0.4, -0.2) is 41.2 Å². The first-order valence-electron chi connectivity index (χ1n) is 7.03. The SMILES string of the molecule is CN(Cc1nc(N)c2ccccc2n1)CC1CCCO1. The molecule has 1 saturated heterocycles. The normalized spacial score (nSPS) is 19.0. The average molecular weight is 272 g/mol. The Bertz CT molecular complexity index is 595. The zero-order valence-electron chi connectivity index (χ0n) is 11.7. The summed E-state index contributed by atoms with van der Waals surface area (Å²) in [5, 5.41) is 0.915. The number of nitrogens with zero attached hydrogens (tertiary/aromatic N) is 3. The number of nitrogen functional groups attached to an aromatic ring is 1. The van der Waals surface area contributed by atoms with E-state index in [4.69, 9.17) is 10.5 Å². The van der Waals surface area contributed by atoms with Crippen molar-refractivity contribution < 1.29 is 4.74 Å². The molecule has 1 atom stereocenters. The van der Waals surface area contributed by atoms with Crippen molar-refractivity contribution in [1.29, 1.82) is 0 Å². The maximum Gasteiger partial charge on any atom is 0.145 e. The van der Waals surface area contributed by atoms with E-state index in [2.05, 4.69) is 21.9 Å². The Morgan fingerprint density at radius 3 is 3.00 bits per heavy atom. The number of benzene rings is 1. The Morgan fingerprint density at radius 1 is 1.35 bits per heavy atom. The topological polar surface area (TPSA) is 64.3 Å². The summed E-state index contributed by atoms with van der Waals surface area (Å²) in [5.41, 5.74) is 6.91. The van der Waals surface area contributed by atoms with Gasteiger partial charge in [0, 0.05) is 18.5 Å². The molecule has 106 valence electrons. The minimum absolute atomic E-state index is 0.345. The van der Waals surface area contributed by atoms with E-state index in [1.165, 1.54) is 0 Å². The maximum atomic E-state index is 6.00. The molecule has 0 aliphatic carbocycles. The molecule has 0 spiro atoms. The van der Waals surface area contributed by atoms with E-state index in [0.29, 0.717) is 18.5 Å². The highest BCUT2D eigenvalue weighted by atomic mass is 16.5. The summed E-state index contributed by atoms with van der Waals surface area (Å²) < 4.78 is 5.65. The van der Waals surface area contributed by atoms with Crippen LogP contribution < -0.4 is 5.73 Å². The van der Waals surface area contributed by atoms with E-state index in [9.17, 15) is 0 Å². The average Bonchev–Trinajstić information content (AvgIpc) is 2.91. The molecule has 1 unspecified atom stereocenters. The van der Waals surface area contributed by atoms with E-state index in [1.54, 1.807) is 0 Å². The summed E-state index contributed by atoms with van der Waals surface area (Å²) in [7, 11) is 2.07. The molecule has 2 N–H and O–H groups in total. The molecule has 0 bridgehead atoms. The van der Waals surface area contributed by atoms with Gasteiger partial charge in [0.15, 0.2) is 0 Å². The molecule has 20 heavy (non-hydrogen) atoms. The van der Waals surface area contributed by atoms with Crippen molar-refractivity contribution in [3.05, 3.63) is 30.1 Å². The Morgan fingerprint density at radius 2 is 2.20 bits per heavy atom. The molecule has 0 saturated carbocycles. The van der Waals surface area contributed by atoms with Crippen LogP contribution in [0.25, 0.3) is 10.9 Å². The highest BCUT2D eigenvalue weighted by Crippen LogP contribution is 2.18. The lowest BCUT2D eigenvalue weighted by molar-refractivity contribution is 0.0787. The number of para-hydroxylation sites is 1. The number of hydrogen-bond donors (Lipinski definition) is 1. The van der Waals surface area contributed by atoms with Gasteiger partial charge in [0.2, 0.25) is 0 Å². The lowest BCUT2D eigenvalue weighted by Gasteiger charge is -2.19. The fraction of sp³-hybridized carbons (Fsp3) is 0.467. The number of fused-ring (bicyclic) bond motifs is 1. The monoisotopic (exact) mass is 272 g/mol. The highest BCUT2D eigenvalue weighted by molar-refractivity contribution is 5.87. The first-order chi connectivity index (χ1) is 9.72. The van der Waals surface area contributed by atoms with Gasteiger partial charge in [0.1, 0.15) is 11.6 Å². The van der Waals surface area contributed by atoms with Crippen molar-refractivity contribution in [1.82, 2.24) is 14.9 Å². The van der Waals surface area contributed by atoms with Crippen LogP contribution in [0.15, 0.2) is 24.3 Å². The first kappa shape index (κ1) is 13.3. The van der Waals surface area contributed by atoms with Gasteiger partial charge in [-0.2, -0.15) is 0 Å². The largest absolute Gasteiger partial charge is 0.383 e. The second-order valence-corrected chi connectivity index (χ2v) is 5.37. The van der Waals surface area contributed by atoms with Gasteiger partial charge in [-0.3, -0.25) is 4.90 Å². The van der Waals surface area contributed by atoms with Crippen molar-refractivity contribution in [2.24, 2.45) is 0 Å². The molecule has 5 heteroatoms. The molecule has 5 nitrogen and oxygen atoms in total. The van der Waals surface area contributed by atoms with Crippen LogP contribution in [0, 0.1) is 0 Å². The summed E-state index contributed by atoms with van der Waals surface area (Å²) in [5.74, 6) is 1.32. The first-order valence-corrected chi connectivity index (χ1v) is 7.03. The molecular formula is C15H20N4O. The van der Waals surface area contributed by atoms with Gasteiger partial charge in [-0.25, -0.2) is 9.97 Å². The van der Waals surface area contributed by atoms with Crippen LogP contribution in [-0.2, 0) is 11.3 Å². The van der Waals surface area contributed by atoms with Crippen LogP contribution in [0.5, 0.6) is 0 Å². The smallest absolute Gasteiger partial charge is 0.145 e. The van der Waals surface area contributed by atoms with Gasteiger partial charge >= 0.3 is 0 Å². The molecule has 2 heterocycles. The third-order valence-corrected chi connectivity index (χ3v) is 3.63. The quantitative estimate of drug-likeness (QED) is 0.919.